The molecule has 0 bridgehead atoms. The van der Waals surface area contributed by atoms with Gasteiger partial charge in [0.2, 0.25) is 0 Å². The van der Waals surface area contributed by atoms with E-state index in [0.29, 0.717) is 23.8 Å². The Balaban J connectivity index is 1.80. The third-order valence-corrected chi connectivity index (χ3v) is 3.54. The molecule has 0 N–H and O–H groups in total. The van der Waals surface area contributed by atoms with Crippen molar-refractivity contribution in [2.24, 2.45) is 0 Å². The van der Waals surface area contributed by atoms with Gasteiger partial charge in [0, 0.05) is 19.6 Å². The number of hydrogen-bond donors (Lipinski definition) is 0. The smallest absolute Gasteiger partial charge is 0.137 e. The Morgan fingerprint density at radius 2 is 2.00 bits per heavy atom. The monoisotopic (exact) mass is 283 g/mol. The molecule has 2 atom stereocenters. The summed E-state index contributed by atoms with van der Waals surface area (Å²) in [5, 5.41) is 0.684. The van der Waals surface area contributed by atoms with Gasteiger partial charge in [0.25, 0.3) is 0 Å². The van der Waals surface area contributed by atoms with Crippen LogP contribution in [0.5, 0.6) is 5.75 Å². The lowest BCUT2D eigenvalue weighted by Crippen LogP contribution is -2.46. The van der Waals surface area contributed by atoms with Gasteiger partial charge in [0.15, 0.2) is 0 Å². The van der Waals surface area contributed by atoms with Crippen LogP contribution >= 0.6 is 11.6 Å². The molecule has 4 heteroatoms. The molecule has 0 aromatic heterocycles. The highest BCUT2D eigenvalue weighted by Crippen LogP contribution is 2.25. The highest BCUT2D eigenvalue weighted by Gasteiger charge is 2.21. The van der Waals surface area contributed by atoms with Crippen molar-refractivity contribution in [1.82, 2.24) is 4.90 Å². The minimum Gasteiger partial charge on any atom is -0.491 e. The van der Waals surface area contributed by atoms with Crippen LogP contribution in [0.25, 0.3) is 0 Å². The summed E-state index contributed by atoms with van der Waals surface area (Å²) >= 11 is 6.14. The van der Waals surface area contributed by atoms with E-state index in [1.165, 1.54) is 0 Å². The minimum absolute atomic E-state index is 0.298. The molecule has 1 saturated heterocycles. The summed E-state index contributed by atoms with van der Waals surface area (Å²) in [7, 11) is 0. The molecule has 1 aliphatic heterocycles. The Labute approximate surface area is 120 Å². The third-order valence-electron chi connectivity index (χ3n) is 3.25. The van der Waals surface area contributed by atoms with Gasteiger partial charge in [-0.2, -0.15) is 0 Å². The Morgan fingerprint density at radius 1 is 1.32 bits per heavy atom. The van der Waals surface area contributed by atoms with Crippen molar-refractivity contribution < 1.29 is 9.47 Å². The Kier molecular flexibility index (Phi) is 5.08. The lowest BCUT2D eigenvalue weighted by molar-refractivity contribution is -0.0699. The zero-order chi connectivity index (χ0) is 13.8. The van der Waals surface area contributed by atoms with Gasteiger partial charge in [0.1, 0.15) is 12.4 Å². The molecule has 1 aromatic rings. The van der Waals surface area contributed by atoms with Crippen molar-refractivity contribution in [3.63, 3.8) is 0 Å². The minimum atomic E-state index is 0.298. The third kappa shape index (κ3) is 4.37. The molecule has 1 aromatic carbocycles. The van der Waals surface area contributed by atoms with Crippen molar-refractivity contribution in [1.29, 1.82) is 0 Å². The van der Waals surface area contributed by atoms with Crippen molar-refractivity contribution >= 4 is 11.6 Å². The predicted octanol–water partition coefficient (Wildman–Crippen LogP) is 3.14. The maximum Gasteiger partial charge on any atom is 0.137 e. The fourth-order valence-electron chi connectivity index (χ4n) is 2.47. The first-order valence-corrected chi connectivity index (χ1v) is 7.19. The van der Waals surface area contributed by atoms with E-state index >= 15 is 0 Å². The molecule has 19 heavy (non-hydrogen) atoms. The molecule has 106 valence electrons. The lowest BCUT2D eigenvalue weighted by Gasteiger charge is -2.35. The van der Waals surface area contributed by atoms with Crippen molar-refractivity contribution in [2.75, 3.05) is 26.2 Å². The topological polar surface area (TPSA) is 21.7 Å². The highest BCUT2D eigenvalue weighted by molar-refractivity contribution is 6.32. The van der Waals surface area contributed by atoms with Crippen LogP contribution in [-0.2, 0) is 4.74 Å². The maximum absolute atomic E-state index is 6.14. The number of nitrogens with zero attached hydrogens (tertiary/aromatic N) is 1. The van der Waals surface area contributed by atoms with Crippen molar-refractivity contribution in [2.45, 2.75) is 33.0 Å². The first-order valence-electron chi connectivity index (χ1n) is 6.81. The van der Waals surface area contributed by atoms with Gasteiger partial charge >= 0.3 is 0 Å². The summed E-state index contributed by atoms with van der Waals surface area (Å²) in [6.45, 7) is 9.74. The number of aryl methyl sites for hydroxylation is 1. The van der Waals surface area contributed by atoms with Crippen LogP contribution in [0.3, 0.4) is 0 Å². The van der Waals surface area contributed by atoms with E-state index in [1.54, 1.807) is 0 Å². The average molecular weight is 284 g/mol. The first kappa shape index (κ1) is 14.6. The van der Waals surface area contributed by atoms with E-state index in [2.05, 4.69) is 18.7 Å². The predicted molar refractivity (Wildman–Crippen MR) is 78.1 cm³/mol. The molecule has 0 amide bonds. The maximum atomic E-state index is 6.14. The van der Waals surface area contributed by atoms with Crippen LogP contribution in [0.4, 0.5) is 0 Å². The molecule has 0 unspecified atom stereocenters. The average Bonchev–Trinajstić information content (AvgIpc) is 2.30. The molecule has 0 saturated carbocycles. The van der Waals surface area contributed by atoms with Gasteiger partial charge in [-0.3, -0.25) is 4.90 Å². The van der Waals surface area contributed by atoms with Gasteiger partial charge in [-0.1, -0.05) is 17.7 Å². The number of rotatable bonds is 4. The fourth-order valence-corrected chi connectivity index (χ4v) is 2.76. The Morgan fingerprint density at radius 3 is 2.63 bits per heavy atom. The highest BCUT2D eigenvalue weighted by atomic mass is 35.5. The van der Waals surface area contributed by atoms with E-state index in [-0.39, 0.29) is 0 Å². The summed E-state index contributed by atoms with van der Waals surface area (Å²) in [6.07, 6.45) is 0.596. The van der Waals surface area contributed by atoms with Crippen LogP contribution in [-0.4, -0.2) is 43.3 Å². The van der Waals surface area contributed by atoms with Crippen LogP contribution in [0.15, 0.2) is 18.2 Å². The molecule has 2 rings (SSSR count). The number of ether oxygens (including phenoxy) is 2. The van der Waals surface area contributed by atoms with Gasteiger partial charge in [-0.25, -0.2) is 0 Å². The normalized spacial score (nSPS) is 24.4. The first-order chi connectivity index (χ1) is 9.04. The number of morpholine rings is 1. The van der Waals surface area contributed by atoms with Crippen LogP contribution < -0.4 is 4.74 Å². The molecular weight excluding hydrogens is 262 g/mol. The van der Waals surface area contributed by atoms with E-state index < -0.39 is 0 Å². The van der Waals surface area contributed by atoms with Gasteiger partial charge in [0.05, 0.1) is 17.2 Å². The van der Waals surface area contributed by atoms with Crippen LogP contribution in [0, 0.1) is 6.92 Å². The molecule has 0 radical (unpaired) electrons. The van der Waals surface area contributed by atoms with Gasteiger partial charge in [-0.05, 0) is 38.5 Å². The second-order valence-electron chi connectivity index (χ2n) is 5.30. The largest absolute Gasteiger partial charge is 0.491 e. The van der Waals surface area contributed by atoms with E-state index in [9.17, 15) is 0 Å². The van der Waals surface area contributed by atoms with Crippen LogP contribution in [0.2, 0.25) is 5.02 Å². The van der Waals surface area contributed by atoms with Gasteiger partial charge in [-0.15, -0.1) is 0 Å². The molecular formula is C15H22ClNO2. The second-order valence-corrected chi connectivity index (χ2v) is 5.71. The van der Waals surface area contributed by atoms with E-state index in [0.717, 1.165) is 30.9 Å². The van der Waals surface area contributed by atoms with Crippen LogP contribution in [0.1, 0.15) is 19.4 Å². The molecule has 1 aliphatic rings. The fraction of sp³-hybridized carbons (Fsp3) is 0.600. The SMILES string of the molecule is Cc1ccc(OCCN2C[C@@H](C)O[C@H](C)C2)c(Cl)c1. The second kappa shape index (κ2) is 6.60. The zero-order valence-electron chi connectivity index (χ0n) is 11.9. The Bertz CT molecular complexity index is 415. The number of benzene rings is 1. The molecule has 1 fully saturated rings. The summed E-state index contributed by atoms with van der Waals surface area (Å²) in [5.74, 6) is 0.765. The van der Waals surface area contributed by atoms with Crippen molar-refractivity contribution in [3.8, 4) is 5.75 Å². The molecule has 0 aliphatic carbocycles. The lowest BCUT2D eigenvalue weighted by atomic mass is 10.2. The molecule has 0 spiro atoms. The quantitative estimate of drug-likeness (QED) is 0.847. The summed E-state index contributed by atoms with van der Waals surface area (Å²) in [5.41, 5.74) is 1.15. The van der Waals surface area contributed by atoms with Crippen molar-refractivity contribution in [3.05, 3.63) is 28.8 Å². The van der Waals surface area contributed by atoms with E-state index in [4.69, 9.17) is 21.1 Å². The standard InChI is InChI=1S/C15H22ClNO2/c1-11-4-5-15(14(16)8-11)18-7-6-17-9-12(2)19-13(3)10-17/h4-5,8,12-13H,6-7,9-10H2,1-3H3/t12-,13-/m1/s1. The van der Waals surface area contributed by atoms with Gasteiger partial charge < -0.3 is 9.47 Å². The summed E-state index contributed by atoms with van der Waals surface area (Å²) < 4.78 is 11.5. The zero-order valence-corrected chi connectivity index (χ0v) is 12.6. The Hall–Kier alpha value is -0.770. The van der Waals surface area contributed by atoms with E-state index in [1.807, 2.05) is 25.1 Å². The summed E-state index contributed by atoms with van der Waals surface area (Å²) in [6, 6.07) is 5.87. The summed E-state index contributed by atoms with van der Waals surface area (Å²) in [4.78, 5) is 2.38. The number of halogens is 1. The molecule has 1 heterocycles. The number of hydrogen-bond acceptors (Lipinski definition) is 3. The molecule has 3 nitrogen and oxygen atoms in total.